The Morgan fingerprint density at radius 1 is 1.31 bits per heavy atom. The van der Waals surface area contributed by atoms with Gasteiger partial charge in [0.25, 0.3) is 10.0 Å². The number of ether oxygens (including phenoxy) is 1. The summed E-state index contributed by atoms with van der Waals surface area (Å²) in [6, 6.07) is 7.94. The molecule has 142 valence electrons. The summed E-state index contributed by atoms with van der Waals surface area (Å²) in [6.45, 7) is 6.17. The van der Waals surface area contributed by atoms with Crippen molar-refractivity contribution in [1.82, 2.24) is 10.2 Å². The Bertz CT molecular complexity index is 846. The molecule has 0 aliphatic rings. The first kappa shape index (κ1) is 20.0. The van der Waals surface area contributed by atoms with E-state index in [4.69, 9.17) is 4.74 Å². The fourth-order valence-electron chi connectivity index (χ4n) is 2.63. The molecule has 0 bridgehead atoms. The third-order valence-electron chi connectivity index (χ3n) is 3.95. The number of carbonyl (C=O) groups excluding carboxylic acids is 1. The predicted octanol–water partition coefficient (Wildman–Crippen LogP) is 3.22. The minimum absolute atomic E-state index is 0.0261. The second-order valence-electron chi connectivity index (χ2n) is 6.13. The largest absolute Gasteiger partial charge is 0.466 e. The lowest BCUT2D eigenvalue weighted by atomic mass is 10.0. The van der Waals surface area contributed by atoms with E-state index < -0.39 is 16.0 Å². The summed E-state index contributed by atoms with van der Waals surface area (Å²) in [6.07, 6.45) is 2.05. The number of rotatable bonds is 9. The molecule has 1 atom stereocenters. The van der Waals surface area contributed by atoms with Gasteiger partial charge in [-0.1, -0.05) is 32.4 Å². The van der Waals surface area contributed by atoms with Gasteiger partial charge >= 0.3 is 5.97 Å². The predicted molar refractivity (Wildman–Crippen MR) is 99.5 cm³/mol. The molecule has 2 aromatic rings. The molecule has 8 heteroatoms. The van der Waals surface area contributed by atoms with Crippen molar-refractivity contribution in [1.29, 1.82) is 0 Å². The van der Waals surface area contributed by atoms with E-state index in [1.54, 1.807) is 25.1 Å². The first-order valence-corrected chi connectivity index (χ1v) is 10.2. The molecule has 1 unspecified atom stereocenters. The molecule has 0 fully saturated rings. The van der Waals surface area contributed by atoms with Gasteiger partial charge in [-0.3, -0.25) is 14.6 Å². The van der Waals surface area contributed by atoms with Gasteiger partial charge in [0.1, 0.15) is 0 Å². The van der Waals surface area contributed by atoms with Crippen LogP contribution in [0.25, 0.3) is 0 Å². The van der Waals surface area contributed by atoms with Crippen LogP contribution in [0.4, 0.5) is 5.82 Å². The number of benzene rings is 1. The summed E-state index contributed by atoms with van der Waals surface area (Å²) in [4.78, 5) is 11.7. The summed E-state index contributed by atoms with van der Waals surface area (Å²) in [5, 5.41) is 6.91. The molecular weight excluding hydrogens is 354 g/mol. The molecule has 7 nitrogen and oxygen atoms in total. The number of nitrogens with zero attached hydrogens (tertiary/aromatic N) is 1. The maximum absolute atomic E-state index is 12.6. The van der Waals surface area contributed by atoms with Gasteiger partial charge in [-0.05, 0) is 37.0 Å². The third-order valence-corrected chi connectivity index (χ3v) is 5.30. The van der Waals surface area contributed by atoms with Crippen LogP contribution in [0.1, 0.15) is 50.8 Å². The summed E-state index contributed by atoms with van der Waals surface area (Å²) in [7, 11) is -3.79. The summed E-state index contributed by atoms with van der Waals surface area (Å²) >= 11 is 0. The van der Waals surface area contributed by atoms with Crippen molar-refractivity contribution in [3.63, 3.8) is 0 Å². The van der Waals surface area contributed by atoms with Gasteiger partial charge in [0.15, 0.2) is 5.82 Å². The van der Waals surface area contributed by atoms with Crippen LogP contribution in [0.2, 0.25) is 0 Å². The number of aromatic nitrogens is 2. The monoisotopic (exact) mass is 379 g/mol. The molecule has 1 aromatic heterocycles. The average Bonchev–Trinajstić information content (AvgIpc) is 3.03. The molecule has 0 radical (unpaired) electrons. The molecule has 1 aromatic carbocycles. The zero-order valence-corrected chi connectivity index (χ0v) is 16.1. The lowest BCUT2D eigenvalue weighted by Gasteiger charge is -2.08. The Kier molecular flexibility index (Phi) is 6.79. The van der Waals surface area contributed by atoms with Crippen LogP contribution in [0.3, 0.4) is 0 Å². The minimum atomic E-state index is -3.79. The van der Waals surface area contributed by atoms with Crippen LogP contribution in [-0.4, -0.2) is 31.2 Å². The van der Waals surface area contributed by atoms with Crippen molar-refractivity contribution < 1.29 is 17.9 Å². The molecule has 2 N–H and O–H groups in total. The van der Waals surface area contributed by atoms with Gasteiger partial charge < -0.3 is 4.74 Å². The first-order chi connectivity index (χ1) is 12.4. The highest BCUT2D eigenvalue weighted by molar-refractivity contribution is 7.92. The molecule has 0 spiro atoms. The van der Waals surface area contributed by atoms with E-state index in [1.165, 1.54) is 12.1 Å². The standard InChI is InChI=1S/C18H25N3O4S/c1-4-7-13(3)16-12-17(20-19-16)21-26(23,24)15-9-6-8-14(10-15)11-18(22)25-5-2/h6,8-10,12-13H,4-5,7,11H2,1-3H3,(H2,19,20,21). The number of anilines is 1. The van der Waals surface area contributed by atoms with E-state index in [9.17, 15) is 13.2 Å². The zero-order chi connectivity index (χ0) is 19.2. The van der Waals surface area contributed by atoms with Gasteiger partial charge in [0, 0.05) is 11.8 Å². The fraction of sp³-hybridized carbons (Fsp3) is 0.444. The van der Waals surface area contributed by atoms with Crippen LogP contribution in [0.15, 0.2) is 35.2 Å². The van der Waals surface area contributed by atoms with Crippen molar-refractivity contribution >= 4 is 21.8 Å². The average molecular weight is 379 g/mol. The van der Waals surface area contributed by atoms with Crippen molar-refractivity contribution in [3.05, 3.63) is 41.6 Å². The second-order valence-corrected chi connectivity index (χ2v) is 7.82. The van der Waals surface area contributed by atoms with Crippen LogP contribution in [0, 0.1) is 0 Å². The van der Waals surface area contributed by atoms with Gasteiger partial charge in [0.2, 0.25) is 0 Å². The fourth-order valence-corrected chi connectivity index (χ4v) is 3.69. The van der Waals surface area contributed by atoms with Crippen LogP contribution in [-0.2, 0) is 26.0 Å². The van der Waals surface area contributed by atoms with Gasteiger partial charge in [-0.25, -0.2) is 8.42 Å². The van der Waals surface area contributed by atoms with Crippen molar-refractivity contribution in [2.24, 2.45) is 0 Å². The Morgan fingerprint density at radius 2 is 2.08 bits per heavy atom. The van der Waals surface area contributed by atoms with E-state index in [2.05, 4.69) is 28.8 Å². The normalized spacial score (nSPS) is 12.6. The second kappa shape index (κ2) is 8.84. The van der Waals surface area contributed by atoms with Gasteiger partial charge in [-0.15, -0.1) is 0 Å². The SMILES string of the molecule is CCCC(C)c1cc(NS(=O)(=O)c2cccc(CC(=O)OCC)c2)n[nH]1. The molecular formula is C18H25N3O4S. The highest BCUT2D eigenvalue weighted by Crippen LogP contribution is 2.22. The number of esters is 1. The number of nitrogens with one attached hydrogen (secondary N) is 2. The van der Waals surface area contributed by atoms with E-state index in [1.807, 2.05) is 0 Å². The molecule has 26 heavy (non-hydrogen) atoms. The summed E-state index contributed by atoms with van der Waals surface area (Å²) in [5.74, 6) is 0.134. The molecule has 0 saturated heterocycles. The molecule has 0 amide bonds. The highest BCUT2D eigenvalue weighted by atomic mass is 32.2. The molecule has 2 rings (SSSR count). The number of aromatic amines is 1. The quantitative estimate of drug-likeness (QED) is 0.652. The lowest BCUT2D eigenvalue weighted by molar-refractivity contribution is -0.142. The van der Waals surface area contributed by atoms with E-state index in [0.717, 1.165) is 18.5 Å². The maximum Gasteiger partial charge on any atom is 0.310 e. The first-order valence-electron chi connectivity index (χ1n) is 8.68. The smallest absolute Gasteiger partial charge is 0.310 e. The number of hydrogen-bond donors (Lipinski definition) is 2. The Hall–Kier alpha value is -2.35. The molecule has 0 aliphatic heterocycles. The Labute approximate surface area is 154 Å². The molecule has 0 saturated carbocycles. The Balaban J connectivity index is 2.14. The number of hydrogen-bond acceptors (Lipinski definition) is 5. The zero-order valence-electron chi connectivity index (χ0n) is 15.3. The number of carbonyl (C=O) groups is 1. The minimum Gasteiger partial charge on any atom is -0.466 e. The lowest BCUT2D eigenvalue weighted by Crippen LogP contribution is -2.14. The topological polar surface area (TPSA) is 101 Å². The van der Waals surface area contributed by atoms with E-state index in [-0.39, 0.29) is 29.7 Å². The van der Waals surface area contributed by atoms with Crippen LogP contribution >= 0.6 is 0 Å². The molecule has 1 heterocycles. The van der Waals surface area contributed by atoms with Crippen LogP contribution < -0.4 is 4.72 Å². The van der Waals surface area contributed by atoms with Crippen molar-refractivity contribution in [3.8, 4) is 0 Å². The van der Waals surface area contributed by atoms with E-state index in [0.29, 0.717) is 5.56 Å². The van der Waals surface area contributed by atoms with Gasteiger partial charge in [-0.2, -0.15) is 5.10 Å². The van der Waals surface area contributed by atoms with Crippen molar-refractivity contribution in [2.75, 3.05) is 11.3 Å². The number of H-pyrrole nitrogens is 1. The number of sulfonamides is 1. The highest BCUT2D eigenvalue weighted by Gasteiger charge is 2.18. The Morgan fingerprint density at radius 3 is 2.77 bits per heavy atom. The summed E-state index contributed by atoms with van der Waals surface area (Å²) < 4.78 is 32.5. The van der Waals surface area contributed by atoms with Gasteiger partial charge in [0.05, 0.1) is 17.9 Å². The molecule has 0 aliphatic carbocycles. The van der Waals surface area contributed by atoms with Crippen molar-refractivity contribution in [2.45, 2.75) is 50.8 Å². The maximum atomic E-state index is 12.6. The summed E-state index contributed by atoms with van der Waals surface area (Å²) in [5.41, 5.74) is 1.46. The van der Waals surface area contributed by atoms with Crippen LogP contribution in [0.5, 0.6) is 0 Å². The van der Waals surface area contributed by atoms with E-state index >= 15 is 0 Å². The third kappa shape index (κ3) is 5.32.